The van der Waals surface area contributed by atoms with Crippen molar-refractivity contribution in [2.75, 3.05) is 18.4 Å². The van der Waals surface area contributed by atoms with E-state index in [4.69, 9.17) is 11.6 Å². The highest BCUT2D eigenvalue weighted by Crippen LogP contribution is 2.22. The topological polar surface area (TPSA) is 84.3 Å². The molecular weight excluding hydrogens is 306 g/mol. The number of halogens is 1. The molecule has 0 spiro atoms. The summed E-state index contributed by atoms with van der Waals surface area (Å²) in [7, 11) is 0. The summed E-state index contributed by atoms with van der Waals surface area (Å²) in [4.78, 5) is 22.3. The number of carbonyl (C=O) groups excluding carboxylic acids is 1. The van der Waals surface area contributed by atoms with Crippen molar-refractivity contribution in [2.45, 2.75) is 0 Å². The molecule has 114 valence electrons. The molecule has 0 atom stereocenters. The van der Waals surface area contributed by atoms with E-state index in [2.05, 4.69) is 10.6 Å². The summed E-state index contributed by atoms with van der Waals surface area (Å²) < 4.78 is 0. The van der Waals surface area contributed by atoms with Gasteiger partial charge in [0.05, 0.1) is 4.92 Å². The van der Waals surface area contributed by atoms with Crippen molar-refractivity contribution in [3.63, 3.8) is 0 Å². The molecule has 0 unspecified atom stereocenters. The summed E-state index contributed by atoms with van der Waals surface area (Å²) in [5.41, 5.74) is 0.895. The van der Waals surface area contributed by atoms with Crippen LogP contribution in [0.5, 0.6) is 0 Å². The number of nitrogens with zero attached hydrogens (tertiary/aromatic N) is 1. The summed E-state index contributed by atoms with van der Waals surface area (Å²) >= 11 is 5.82. The quantitative estimate of drug-likeness (QED) is 0.487. The summed E-state index contributed by atoms with van der Waals surface area (Å²) in [5, 5.41) is 17.0. The van der Waals surface area contributed by atoms with Crippen LogP contribution in [-0.4, -0.2) is 23.9 Å². The molecule has 0 saturated carbocycles. The standard InChI is InChI=1S/C15H14ClN3O3/c16-12-5-3-4-11(10-12)15(20)18-9-8-17-13-6-1-2-7-14(13)19(21)22/h1-7,10,17H,8-9H2,(H,18,20). The van der Waals surface area contributed by atoms with Gasteiger partial charge in [-0.15, -0.1) is 0 Å². The molecule has 1 amide bonds. The van der Waals surface area contributed by atoms with Gasteiger partial charge in [0.2, 0.25) is 0 Å². The van der Waals surface area contributed by atoms with E-state index in [0.717, 1.165) is 0 Å². The third-order valence-corrected chi connectivity index (χ3v) is 3.15. The minimum atomic E-state index is -0.452. The molecule has 0 heterocycles. The Bertz CT molecular complexity index is 691. The van der Waals surface area contributed by atoms with E-state index in [-0.39, 0.29) is 11.6 Å². The molecule has 6 nitrogen and oxygen atoms in total. The molecule has 22 heavy (non-hydrogen) atoms. The number of rotatable bonds is 6. The minimum Gasteiger partial charge on any atom is -0.378 e. The van der Waals surface area contributed by atoms with E-state index < -0.39 is 4.92 Å². The SMILES string of the molecule is O=C(NCCNc1ccccc1[N+](=O)[O-])c1cccc(Cl)c1. The molecule has 0 radical (unpaired) electrons. The van der Waals surface area contributed by atoms with Crippen molar-refractivity contribution in [2.24, 2.45) is 0 Å². The predicted octanol–water partition coefficient (Wildman–Crippen LogP) is 3.09. The summed E-state index contributed by atoms with van der Waals surface area (Å²) in [6.45, 7) is 0.703. The molecule has 0 saturated heterocycles. The van der Waals surface area contributed by atoms with Crippen molar-refractivity contribution in [1.29, 1.82) is 0 Å². The molecular formula is C15H14ClN3O3. The largest absolute Gasteiger partial charge is 0.378 e. The van der Waals surface area contributed by atoms with E-state index in [0.29, 0.717) is 29.4 Å². The Hall–Kier alpha value is -2.60. The normalized spacial score (nSPS) is 10.0. The molecule has 0 bridgehead atoms. The Balaban J connectivity index is 1.85. The van der Waals surface area contributed by atoms with Crippen molar-refractivity contribution in [3.05, 3.63) is 69.2 Å². The molecule has 2 aromatic carbocycles. The lowest BCUT2D eigenvalue weighted by atomic mass is 10.2. The lowest BCUT2D eigenvalue weighted by molar-refractivity contribution is -0.384. The highest BCUT2D eigenvalue weighted by Gasteiger charge is 2.11. The molecule has 0 aromatic heterocycles. The number of para-hydroxylation sites is 2. The third-order valence-electron chi connectivity index (χ3n) is 2.91. The average molecular weight is 320 g/mol. The van der Waals surface area contributed by atoms with Gasteiger partial charge >= 0.3 is 0 Å². The van der Waals surface area contributed by atoms with Crippen LogP contribution in [0.3, 0.4) is 0 Å². The van der Waals surface area contributed by atoms with Crippen LogP contribution >= 0.6 is 11.6 Å². The lowest BCUT2D eigenvalue weighted by Gasteiger charge is -2.08. The Kier molecular flexibility index (Phi) is 5.32. The van der Waals surface area contributed by atoms with Gasteiger partial charge in [-0.3, -0.25) is 14.9 Å². The van der Waals surface area contributed by atoms with Crippen molar-refractivity contribution < 1.29 is 9.72 Å². The van der Waals surface area contributed by atoms with E-state index in [1.54, 1.807) is 42.5 Å². The van der Waals surface area contributed by atoms with Gasteiger partial charge in [-0.05, 0) is 24.3 Å². The van der Waals surface area contributed by atoms with E-state index >= 15 is 0 Å². The second-order valence-electron chi connectivity index (χ2n) is 4.47. The number of anilines is 1. The maximum Gasteiger partial charge on any atom is 0.292 e. The maximum absolute atomic E-state index is 11.9. The molecule has 0 fully saturated rings. The van der Waals surface area contributed by atoms with Crippen LogP contribution in [-0.2, 0) is 0 Å². The van der Waals surface area contributed by atoms with Crippen LogP contribution in [0.2, 0.25) is 5.02 Å². The van der Waals surface area contributed by atoms with Gasteiger partial charge in [0, 0.05) is 29.7 Å². The van der Waals surface area contributed by atoms with Crippen LogP contribution in [0.4, 0.5) is 11.4 Å². The fraction of sp³-hybridized carbons (Fsp3) is 0.133. The zero-order valence-electron chi connectivity index (χ0n) is 11.6. The van der Waals surface area contributed by atoms with Gasteiger partial charge in [0.1, 0.15) is 5.69 Å². The highest BCUT2D eigenvalue weighted by atomic mass is 35.5. The average Bonchev–Trinajstić information content (AvgIpc) is 2.51. The first-order chi connectivity index (χ1) is 10.6. The highest BCUT2D eigenvalue weighted by molar-refractivity contribution is 6.30. The summed E-state index contributed by atoms with van der Waals surface area (Å²) in [6.07, 6.45) is 0. The van der Waals surface area contributed by atoms with Crippen molar-refractivity contribution in [3.8, 4) is 0 Å². The van der Waals surface area contributed by atoms with E-state index in [1.165, 1.54) is 6.07 Å². The molecule has 7 heteroatoms. The maximum atomic E-state index is 11.9. The van der Waals surface area contributed by atoms with Gasteiger partial charge < -0.3 is 10.6 Å². The first-order valence-electron chi connectivity index (χ1n) is 6.59. The molecule has 0 aliphatic heterocycles. The fourth-order valence-corrected chi connectivity index (χ4v) is 2.08. The molecule has 2 rings (SSSR count). The van der Waals surface area contributed by atoms with Crippen LogP contribution in [0.25, 0.3) is 0 Å². The summed E-state index contributed by atoms with van der Waals surface area (Å²) in [5.74, 6) is -0.244. The summed E-state index contributed by atoms with van der Waals surface area (Å²) in [6, 6.07) is 13.0. The fourth-order valence-electron chi connectivity index (χ4n) is 1.89. The number of nitro groups is 1. The Morgan fingerprint density at radius 1 is 1.14 bits per heavy atom. The smallest absolute Gasteiger partial charge is 0.292 e. The zero-order chi connectivity index (χ0) is 15.9. The number of nitro benzene ring substituents is 1. The minimum absolute atomic E-state index is 0.00340. The van der Waals surface area contributed by atoms with Gasteiger partial charge in [-0.2, -0.15) is 0 Å². The second kappa shape index (κ2) is 7.42. The molecule has 0 aliphatic rings. The Morgan fingerprint density at radius 2 is 1.91 bits per heavy atom. The molecule has 2 aromatic rings. The molecule has 2 N–H and O–H groups in total. The second-order valence-corrected chi connectivity index (χ2v) is 4.90. The third kappa shape index (κ3) is 4.20. The number of amides is 1. The Morgan fingerprint density at radius 3 is 2.64 bits per heavy atom. The van der Waals surface area contributed by atoms with Gasteiger partial charge in [-0.1, -0.05) is 29.8 Å². The zero-order valence-corrected chi connectivity index (χ0v) is 12.3. The first-order valence-corrected chi connectivity index (χ1v) is 6.97. The number of nitrogens with one attached hydrogen (secondary N) is 2. The van der Waals surface area contributed by atoms with Crippen LogP contribution in [0, 0.1) is 10.1 Å². The Labute approximate surface area is 132 Å². The predicted molar refractivity (Wildman–Crippen MR) is 85.4 cm³/mol. The van der Waals surface area contributed by atoms with Gasteiger partial charge in [0.15, 0.2) is 0 Å². The monoisotopic (exact) mass is 319 g/mol. The number of hydrogen-bond acceptors (Lipinski definition) is 4. The van der Waals surface area contributed by atoms with Crippen LogP contribution in [0.1, 0.15) is 10.4 Å². The van der Waals surface area contributed by atoms with E-state index in [9.17, 15) is 14.9 Å². The van der Waals surface area contributed by atoms with Gasteiger partial charge in [0.25, 0.3) is 11.6 Å². The lowest BCUT2D eigenvalue weighted by Crippen LogP contribution is -2.28. The van der Waals surface area contributed by atoms with Crippen LogP contribution < -0.4 is 10.6 Å². The first kappa shape index (κ1) is 15.8. The van der Waals surface area contributed by atoms with E-state index in [1.807, 2.05) is 0 Å². The van der Waals surface area contributed by atoms with Crippen molar-refractivity contribution in [1.82, 2.24) is 5.32 Å². The molecule has 0 aliphatic carbocycles. The van der Waals surface area contributed by atoms with Gasteiger partial charge in [-0.25, -0.2) is 0 Å². The number of benzene rings is 2. The number of carbonyl (C=O) groups is 1. The number of hydrogen-bond donors (Lipinski definition) is 2. The van der Waals surface area contributed by atoms with Crippen LogP contribution in [0.15, 0.2) is 48.5 Å². The van der Waals surface area contributed by atoms with Crippen molar-refractivity contribution >= 4 is 28.9 Å².